The number of piperazine rings is 1. The molecule has 32 heavy (non-hydrogen) atoms. The van der Waals surface area contributed by atoms with E-state index >= 15 is 0 Å². The Bertz CT molecular complexity index is 1020. The standard InChI is InChI=1S/C23H23F3N2O4/c1-4-5-15-12-16(13-18(31-2)20(15)32-3)22(30)28-11-10-27-21(29)19(28)14-6-8-17(9-7-14)23(24,25)26/h4,6-9,12-13,19H,1,5,10-11H2,2-3H3,(H,27,29). The molecule has 0 radical (unpaired) electrons. The van der Waals surface area contributed by atoms with Crippen LogP contribution in [0, 0.1) is 0 Å². The first-order valence-electron chi connectivity index (χ1n) is 9.82. The Morgan fingerprint density at radius 2 is 1.91 bits per heavy atom. The molecule has 0 bridgehead atoms. The summed E-state index contributed by atoms with van der Waals surface area (Å²) in [5.74, 6) is -0.0884. The maximum Gasteiger partial charge on any atom is 0.416 e. The zero-order chi connectivity index (χ0) is 23.5. The molecule has 1 saturated heterocycles. The van der Waals surface area contributed by atoms with Crippen molar-refractivity contribution in [3.8, 4) is 11.5 Å². The lowest BCUT2D eigenvalue weighted by Gasteiger charge is -2.35. The van der Waals surface area contributed by atoms with Gasteiger partial charge >= 0.3 is 6.18 Å². The maximum atomic E-state index is 13.4. The van der Waals surface area contributed by atoms with Gasteiger partial charge in [-0.25, -0.2) is 0 Å². The molecule has 1 fully saturated rings. The van der Waals surface area contributed by atoms with Crippen molar-refractivity contribution in [1.82, 2.24) is 10.2 Å². The lowest BCUT2D eigenvalue weighted by Crippen LogP contribution is -2.52. The Kier molecular flexibility index (Phi) is 6.76. The molecule has 1 aliphatic heterocycles. The number of nitrogens with one attached hydrogen (secondary N) is 1. The van der Waals surface area contributed by atoms with Gasteiger partial charge in [0.2, 0.25) is 5.91 Å². The van der Waals surface area contributed by atoms with Gasteiger partial charge in [0.1, 0.15) is 6.04 Å². The summed E-state index contributed by atoms with van der Waals surface area (Å²) in [5, 5.41) is 2.67. The highest BCUT2D eigenvalue weighted by atomic mass is 19.4. The summed E-state index contributed by atoms with van der Waals surface area (Å²) in [6.45, 7) is 4.14. The van der Waals surface area contributed by atoms with E-state index in [4.69, 9.17) is 9.47 Å². The van der Waals surface area contributed by atoms with E-state index in [0.29, 0.717) is 23.5 Å². The minimum absolute atomic E-state index is 0.196. The molecule has 0 aromatic heterocycles. The molecule has 2 aromatic rings. The number of methoxy groups -OCH3 is 2. The van der Waals surface area contributed by atoms with Gasteiger partial charge in [0.05, 0.1) is 19.8 Å². The number of halogens is 3. The van der Waals surface area contributed by atoms with Crippen molar-refractivity contribution in [3.63, 3.8) is 0 Å². The van der Waals surface area contributed by atoms with Crippen LogP contribution < -0.4 is 14.8 Å². The summed E-state index contributed by atoms with van der Waals surface area (Å²) in [4.78, 5) is 27.4. The molecule has 1 unspecified atom stereocenters. The van der Waals surface area contributed by atoms with Crippen LogP contribution in [0.25, 0.3) is 0 Å². The van der Waals surface area contributed by atoms with Crippen LogP contribution in [0.5, 0.6) is 11.5 Å². The molecule has 6 nitrogen and oxygen atoms in total. The number of hydrogen-bond donors (Lipinski definition) is 1. The zero-order valence-corrected chi connectivity index (χ0v) is 17.7. The van der Waals surface area contributed by atoms with Crippen LogP contribution in [0.2, 0.25) is 0 Å². The third kappa shape index (κ3) is 4.56. The van der Waals surface area contributed by atoms with E-state index in [0.717, 1.165) is 12.1 Å². The van der Waals surface area contributed by atoms with E-state index in [2.05, 4.69) is 11.9 Å². The van der Waals surface area contributed by atoms with E-state index in [1.807, 2.05) is 0 Å². The first-order chi connectivity index (χ1) is 15.2. The topological polar surface area (TPSA) is 67.9 Å². The molecule has 170 valence electrons. The van der Waals surface area contributed by atoms with Crippen molar-refractivity contribution < 1.29 is 32.2 Å². The SMILES string of the molecule is C=CCc1cc(C(=O)N2CCNC(=O)C2c2ccc(C(F)(F)F)cc2)cc(OC)c1OC. The Morgan fingerprint density at radius 3 is 2.47 bits per heavy atom. The number of allylic oxidation sites excluding steroid dienone is 1. The van der Waals surface area contributed by atoms with E-state index in [-0.39, 0.29) is 24.2 Å². The highest BCUT2D eigenvalue weighted by Gasteiger charge is 2.36. The van der Waals surface area contributed by atoms with Crippen molar-refractivity contribution in [2.24, 2.45) is 0 Å². The Labute approximate surface area is 183 Å². The summed E-state index contributed by atoms with van der Waals surface area (Å²) in [7, 11) is 2.94. The molecule has 0 saturated carbocycles. The molecule has 9 heteroatoms. The molecule has 1 heterocycles. The largest absolute Gasteiger partial charge is 0.493 e. The lowest BCUT2D eigenvalue weighted by molar-refractivity contribution is -0.137. The fourth-order valence-corrected chi connectivity index (χ4v) is 3.71. The summed E-state index contributed by atoms with van der Waals surface area (Å²) in [5.41, 5.74) is 0.406. The molecular formula is C23H23F3N2O4. The van der Waals surface area contributed by atoms with Crippen molar-refractivity contribution in [1.29, 1.82) is 0 Å². The van der Waals surface area contributed by atoms with Crippen LogP contribution in [0.4, 0.5) is 13.2 Å². The normalized spacial score (nSPS) is 16.3. The monoisotopic (exact) mass is 448 g/mol. The Balaban J connectivity index is 2.01. The zero-order valence-electron chi connectivity index (χ0n) is 17.7. The molecule has 0 aliphatic carbocycles. The number of alkyl halides is 3. The number of carbonyl (C=O) groups excluding carboxylic acids is 2. The molecular weight excluding hydrogens is 425 g/mol. The molecule has 3 rings (SSSR count). The van der Waals surface area contributed by atoms with Crippen LogP contribution in [0.15, 0.2) is 49.1 Å². The second kappa shape index (κ2) is 9.33. The first kappa shape index (κ1) is 23.2. The average Bonchev–Trinajstić information content (AvgIpc) is 2.77. The van der Waals surface area contributed by atoms with Gasteiger partial charge in [0, 0.05) is 24.2 Å². The third-order valence-corrected chi connectivity index (χ3v) is 5.19. The average molecular weight is 448 g/mol. The van der Waals surface area contributed by atoms with Gasteiger partial charge < -0.3 is 19.7 Å². The van der Waals surface area contributed by atoms with Crippen LogP contribution >= 0.6 is 0 Å². The molecule has 0 spiro atoms. The number of amides is 2. The molecule has 2 amide bonds. The van der Waals surface area contributed by atoms with E-state index < -0.39 is 29.6 Å². The van der Waals surface area contributed by atoms with Gasteiger partial charge in [-0.15, -0.1) is 6.58 Å². The summed E-state index contributed by atoms with van der Waals surface area (Å²) >= 11 is 0. The van der Waals surface area contributed by atoms with Gasteiger partial charge in [-0.3, -0.25) is 9.59 Å². The molecule has 1 N–H and O–H groups in total. The van der Waals surface area contributed by atoms with E-state index in [9.17, 15) is 22.8 Å². The summed E-state index contributed by atoms with van der Waals surface area (Å²) in [6.07, 6.45) is -2.42. The fourth-order valence-electron chi connectivity index (χ4n) is 3.71. The van der Waals surface area contributed by atoms with Crippen molar-refractivity contribution in [3.05, 3.63) is 71.3 Å². The van der Waals surface area contributed by atoms with Crippen molar-refractivity contribution in [2.45, 2.75) is 18.6 Å². The number of benzene rings is 2. The van der Waals surface area contributed by atoms with Crippen molar-refractivity contribution in [2.75, 3.05) is 27.3 Å². The predicted octanol–water partition coefficient (Wildman–Crippen LogP) is 3.76. The second-order valence-electron chi connectivity index (χ2n) is 7.18. The number of nitrogens with zero attached hydrogens (tertiary/aromatic N) is 1. The van der Waals surface area contributed by atoms with Crippen LogP contribution in [0.1, 0.15) is 33.1 Å². The molecule has 1 atom stereocenters. The predicted molar refractivity (Wildman–Crippen MR) is 112 cm³/mol. The lowest BCUT2D eigenvalue weighted by atomic mass is 9.98. The van der Waals surface area contributed by atoms with Crippen molar-refractivity contribution >= 4 is 11.8 Å². The minimum Gasteiger partial charge on any atom is -0.493 e. The summed E-state index contributed by atoms with van der Waals surface area (Å²) < 4.78 is 49.5. The quantitative estimate of drug-likeness (QED) is 0.684. The van der Waals surface area contributed by atoms with E-state index in [1.54, 1.807) is 12.1 Å². The van der Waals surface area contributed by atoms with Gasteiger partial charge in [-0.05, 0) is 36.2 Å². The van der Waals surface area contributed by atoms with Gasteiger partial charge in [0.15, 0.2) is 11.5 Å². The fraction of sp³-hybridized carbons (Fsp3) is 0.304. The highest BCUT2D eigenvalue weighted by Crippen LogP contribution is 2.35. The molecule has 2 aromatic carbocycles. The number of ether oxygens (including phenoxy) is 2. The van der Waals surface area contributed by atoms with Gasteiger partial charge in [-0.1, -0.05) is 18.2 Å². The third-order valence-electron chi connectivity index (χ3n) is 5.19. The maximum absolute atomic E-state index is 13.4. The van der Waals surface area contributed by atoms with Crippen LogP contribution in [-0.2, 0) is 17.4 Å². The van der Waals surface area contributed by atoms with Gasteiger partial charge in [-0.2, -0.15) is 13.2 Å². The number of carbonyl (C=O) groups is 2. The highest BCUT2D eigenvalue weighted by molar-refractivity contribution is 5.99. The van der Waals surface area contributed by atoms with Crippen LogP contribution in [-0.4, -0.2) is 44.0 Å². The second-order valence-corrected chi connectivity index (χ2v) is 7.18. The Hall–Kier alpha value is -3.49. The number of hydrogen-bond acceptors (Lipinski definition) is 4. The first-order valence-corrected chi connectivity index (χ1v) is 9.82. The summed E-state index contributed by atoms with van der Waals surface area (Å²) in [6, 6.07) is 6.34. The van der Waals surface area contributed by atoms with Crippen LogP contribution in [0.3, 0.4) is 0 Å². The van der Waals surface area contributed by atoms with Gasteiger partial charge in [0.25, 0.3) is 5.91 Å². The minimum atomic E-state index is -4.50. The van der Waals surface area contributed by atoms with E-state index in [1.165, 1.54) is 37.3 Å². The Morgan fingerprint density at radius 1 is 1.22 bits per heavy atom. The smallest absolute Gasteiger partial charge is 0.416 e. The molecule has 1 aliphatic rings. The number of rotatable bonds is 6.